The van der Waals surface area contributed by atoms with Gasteiger partial charge in [-0.15, -0.1) is 0 Å². The zero-order valence-electron chi connectivity index (χ0n) is 16.7. The number of carbonyl (C=O) groups excluding carboxylic acids is 2. The van der Waals surface area contributed by atoms with Crippen molar-refractivity contribution in [2.24, 2.45) is 10.8 Å². The molecule has 3 nitrogen and oxygen atoms in total. The van der Waals surface area contributed by atoms with Gasteiger partial charge < -0.3 is 5.32 Å². The van der Waals surface area contributed by atoms with E-state index in [9.17, 15) is 14.0 Å². The molecule has 0 fully saturated rings. The molecule has 0 bridgehead atoms. The number of hydrogen-bond acceptors (Lipinski definition) is 3. The lowest BCUT2D eigenvalue weighted by molar-refractivity contribution is -0.119. The number of benzene rings is 1. The second-order valence-corrected chi connectivity index (χ2v) is 10.3. The van der Waals surface area contributed by atoms with Crippen LogP contribution in [0.3, 0.4) is 0 Å². The van der Waals surface area contributed by atoms with Crippen molar-refractivity contribution >= 4 is 23.2 Å². The first kappa shape index (κ1) is 19.4. The number of Topliss-reactive ketones (excluding diaryl/α,β-unsaturated/α-hetero) is 2. The first-order valence-electron chi connectivity index (χ1n) is 9.72. The van der Waals surface area contributed by atoms with Crippen LogP contribution in [-0.2, 0) is 9.59 Å². The summed E-state index contributed by atoms with van der Waals surface area (Å²) in [5.74, 6) is -0.994. The topological polar surface area (TPSA) is 46.2 Å². The largest absolute Gasteiger partial charge is 0.362 e. The lowest BCUT2D eigenvalue weighted by Gasteiger charge is -2.44. The highest BCUT2D eigenvalue weighted by molar-refractivity contribution is 6.30. The van der Waals surface area contributed by atoms with Gasteiger partial charge in [-0.1, -0.05) is 45.4 Å². The van der Waals surface area contributed by atoms with E-state index in [4.69, 9.17) is 11.6 Å². The van der Waals surface area contributed by atoms with Crippen molar-refractivity contribution < 1.29 is 14.0 Å². The van der Waals surface area contributed by atoms with Gasteiger partial charge in [0.2, 0.25) is 0 Å². The second kappa shape index (κ2) is 6.28. The summed E-state index contributed by atoms with van der Waals surface area (Å²) in [6.07, 6.45) is 2.29. The van der Waals surface area contributed by atoms with Crippen LogP contribution in [0.15, 0.2) is 40.7 Å². The van der Waals surface area contributed by atoms with Crippen LogP contribution in [0.25, 0.3) is 0 Å². The van der Waals surface area contributed by atoms with E-state index in [0.717, 1.165) is 24.2 Å². The molecule has 0 aromatic heterocycles. The monoisotopic (exact) mass is 401 g/mol. The molecule has 148 valence electrons. The minimum atomic E-state index is -0.533. The molecule has 28 heavy (non-hydrogen) atoms. The van der Waals surface area contributed by atoms with Gasteiger partial charge in [0.25, 0.3) is 0 Å². The highest BCUT2D eigenvalue weighted by Crippen LogP contribution is 2.51. The van der Waals surface area contributed by atoms with Crippen LogP contribution in [-0.4, -0.2) is 11.6 Å². The molecule has 5 heteroatoms. The molecule has 1 heterocycles. The van der Waals surface area contributed by atoms with Crippen molar-refractivity contribution in [2.45, 2.75) is 59.3 Å². The Morgan fingerprint density at radius 3 is 1.89 bits per heavy atom. The summed E-state index contributed by atoms with van der Waals surface area (Å²) in [6.45, 7) is 8.31. The van der Waals surface area contributed by atoms with Gasteiger partial charge in [0, 0.05) is 41.3 Å². The highest BCUT2D eigenvalue weighted by Gasteiger charge is 2.46. The molecule has 1 aliphatic heterocycles. The van der Waals surface area contributed by atoms with E-state index in [2.05, 4.69) is 33.0 Å². The molecule has 0 atom stereocenters. The summed E-state index contributed by atoms with van der Waals surface area (Å²) in [5, 5.41) is 3.49. The fourth-order valence-corrected chi connectivity index (χ4v) is 5.03. The summed E-state index contributed by atoms with van der Waals surface area (Å²) in [7, 11) is 0. The Labute approximate surface area is 170 Å². The third kappa shape index (κ3) is 3.22. The number of allylic oxidation sites excluding steroid dienone is 4. The average molecular weight is 402 g/mol. The van der Waals surface area contributed by atoms with E-state index in [-0.39, 0.29) is 27.4 Å². The Bertz CT molecular complexity index is 919. The summed E-state index contributed by atoms with van der Waals surface area (Å²) in [6, 6.07) is 4.60. The van der Waals surface area contributed by atoms with Crippen LogP contribution in [0.2, 0.25) is 5.02 Å². The normalized spacial score (nSPS) is 24.1. The van der Waals surface area contributed by atoms with Crippen molar-refractivity contribution in [2.75, 3.05) is 0 Å². The first-order chi connectivity index (χ1) is 13.0. The Balaban J connectivity index is 1.93. The number of dihydropyridines is 1. The van der Waals surface area contributed by atoms with E-state index in [0.29, 0.717) is 29.6 Å². The Morgan fingerprint density at radius 2 is 1.43 bits per heavy atom. The van der Waals surface area contributed by atoms with Crippen molar-refractivity contribution in [1.82, 2.24) is 5.32 Å². The quantitative estimate of drug-likeness (QED) is 0.680. The van der Waals surface area contributed by atoms with Crippen LogP contribution in [0.5, 0.6) is 0 Å². The van der Waals surface area contributed by atoms with Gasteiger partial charge in [-0.25, -0.2) is 4.39 Å². The third-order valence-corrected chi connectivity index (χ3v) is 6.30. The maximum Gasteiger partial charge on any atom is 0.162 e. The molecular weight excluding hydrogens is 377 g/mol. The fourth-order valence-electron chi connectivity index (χ4n) is 4.91. The number of carbonyl (C=O) groups is 2. The lowest BCUT2D eigenvalue weighted by Crippen LogP contribution is -2.42. The minimum Gasteiger partial charge on any atom is -0.362 e. The highest BCUT2D eigenvalue weighted by atomic mass is 35.5. The molecule has 3 aliphatic rings. The maximum absolute atomic E-state index is 14.3. The fraction of sp³-hybridized carbons (Fsp3) is 0.478. The molecule has 0 amide bonds. The van der Waals surface area contributed by atoms with Gasteiger partial charge in [-0.05, 0) is 41.4 Å². The SMILES string of the molecule is CC1(C)CC(=O)C2=C(C1)NC1=C(C(=O)CC(C)(C)C1)C2c1ccc(Cl)c(F)c1. The van der Waals surface area contributed by atoms with Gasteiger partial charge in [0.1, 0.15) is 5.82 Å². The third-order valence-electron chi connectivity index (χ3n) is 6.00. The molecule has 4 rings (SSSR count). The van der Waals surface area contributed by atoms with E-state index in [1.807, 2.05) is 0 Å². The molecule has 0 radical (unpaired) electrons. The van der Waals surface area contributed by atoms with Gasteiger partial charge >= 0.3 is 0 Å². The van der Waals surface area contributed by atoms with Crippen LogP contribution in [0.4, 0.5) is 4.39 Å². The summed E-state index contributed by atoms with van der Waals surface area (Å²) in [4.78, 5) is 26.3. The Kier molecular flexibility index (Phi) is 4.35. The van der Waals surface area contributed by atoms with Gasteiger partial charge in [-0.2, -0.15) is 0 Å². The van der Waals surface area contributed by atoms with Gasteiger partial charge in [-0.3, -0.25) is 9.59 Å². The number of ketones is 2. The van der Waals surface area contributed by atoms with Crippen LogP contribution >= 0.6 is 11.6 Å². The summed E-state index contributed by atoms with van der Waals surface area (Å²) in [5.41, 5.74) is 3.32. The molecule has 1 N–H and O–H groups in total. The molecule has 0 saturated carbocycles. The zero-order chi connectivity index (χ0) is 20.4. The van der Waals surface area contributed by atoms with E-state index < -0.39 is 11.7 Å². The van der Waals surface area contributed by atoms with Crippen molar-refractivity contribution in [1.29, 1.82) is 0 Å². The average Bonchev–Trinajstić information content (AvgIpc) is 2.53. The lowest BCUT2D eigenvalue weighted by atomic mass is 9.64. The van der Waals surface area contributed by atoms with Gasteiger partial charge in [0.15, 0.2) is 11.6 Å². The predicted octanol–water partition coefficient (Wildman–Crippen LogP) is 5.45. The summed E-state index contributed by atoms with van der Waals surface area (Å²) < 4.78 is 14.3. The molecule has 2 aliphatic carbocycles. The van der Waals surface area contributed by atoms with Crippen molar-refractivity contribution in [3.63, 3.8) is 0 Å². The van der Waals surface area contributed by atoms with Crippen LogP contribution in [0.1, 0.15) is 64.9 Å². The van der Waals surface area contributed by atoms with Crippen molar-refractivity contribution in [3.8, 4) is 0 Å². The summed E-state index contributed by atoms with van der Waals surface area (Å²) >= 11 is 5.88. The van der Waals surface area contributed by atoms with Crippen LogP contribution in [0, 0.1) is 16.6 Å². The standard InChI is InChI=1S/C23H25ClFNO2/c1-22(2)8-15-20(17(27)10-22)19(12-5-6-13(24)14(25)7-12)21-16(26-15)9-23(3,4)11-18(21)28/h5-7,19,26H,8-11H2,1-4H3. The van der Waals surface area contributed by atoms with E-state index in [1.54, 1.807) is 6.07 Å². The number of hydrogen-bond donors (Lipinski definition) is 1. The predicted molar refractivity (Wildman–Crippen MR) is 107 cm³/mol. The Morgan fingerprint density at radius 1 is 0.929 bits per heavy atom. The molecule has 1 aromatic rings. The smallest absolute Gasteiger partial charge is 0.162 e. The van der Waals surface area contributed by atoms with Gasteiger partial charge in [0.05, 0.1) is 5.02 Å². The minimum absolute atomic E-state index is 0.0308. The molecular formula is C23H25ClFNO2. The number of halogens is 2. The van der Waals surface area contributed by atoms with Crippen LogP contribution < -0.4 is 5.32 Å². The number of rotatable bonds is 1. The van der Waals surface area contributed by atoms with E-state index >= 15 is 0 Å². The zero-order valence-corrected chi connectivity index (χ0v) is 17.5. The van der Waals surface area contributed by atoms with E-state index in [1.165, 1.54) is 12.1 Å². The molecule has 0 saturated heterocycles. The number of nitrogens with one attached hydrogen (secondary N) is 1. The molecule has 0 spiro atoms. The molecule has 1 aromatic carbocycles. The second-order valence-electron chi connectivity index (χ2n) is 9.90. The Hall–Kier alpha value is -1.94. The first-order valence-corrected chi connectivity index (χ1v) is 10.1. The van der Waals surface area contributed by atoms with Crippen molar-refractivity contribution in [3.05, 3.63) is 57.1 Å². The maximum atomic E-state index is 14.3. The molecule has 0 unspecified atom stereocenters.